The SMILES string of the molecule is CC(C)(C)c1ccc([C@H]2CC(=O)C=C(O)C2)cc1. The standard InChI is InChI=1S/C16H20O2/c1-16(2,3)13-6-4-11(5-7-13)12-8-14(17)10-15(18)9-12/h4-7,10,12,17H,8-9H2,1-3H3/t12-/m1/s1. The summed E-state index contributed by atoms with van der Waals surface area (Å²) in [5.74, 6) is 0.344. The maximum atomic E-state index is 11.4. The molecular formula is C16H20O2. The van der Waals surface area contributed by atoms with Crippen LogP contribution in [-0.2, 0) is 10.2 Å². The van der Waals surface area contributed by atoms with Gasteiger partial charge in [-0.1, -0.05) is 45.0 Å². The highest BCUT2D eigenvalue weighted by atomic mass is 16.3. The van der Waals surface area contributed by atoms with E-state index in [4.69, 9.17) is 0 Å². The lowest BCUT2D eigenvalue weighted by molar-refractivity contribution is -0.115. The number of hydrogen-bond donors (Lipinski definition) is 1. The monoisotopic (exact) mass is 244 g/mol. The highest BCUT2D eigenvalue weighted by molar-refractivity contribution is 5.91. The smallest absolute Gasteiger partial charge is 0.159 e. The van der Waals surface area contributed by atoms with Crippen molar-refractivity contribution in [2.45, 2.75) is 44.9 Å². The third-order valence-corrected chi connectivity index (χ3v) is 3.48. The molecule has 2 heteroatoms. The molecule has 0 spiro atoms. The molecular weight excluding hydrogens is 224 g/mol. The van der Waals surface area contributed by atoms with Crippen molar-refractivity contribution in [3.05, 3.63) is 47.2 Å². The summed E-state index contributed by atoms with van der Waals surface area (Å²) in [6.07, 6.45) is 2.42. The lowest BCUT2D eigenvalue weighted by atomic mass is 9.82. The predicted molar refractivity (Wildman–Crippen MR) is 72.8 cm³/mol. The Morgan fingerprint density at radius 3 is 2.22 bits per heavy atom. The van der Waals surface area contributed by atoms with Crippen LogP contribution in [0.2, 0.25) is 0 Å². The number of carbonyl (C=O) groups excluding carboxylic acids is 1. The van der Waals surface area contributed by atoms with Crippen LogP contribution in [0.4, 0.5) is 0 Å². The van der Waals surface area contributed by atoms with Crippen LogP contribution in [0, 0.1) is 0 Å². The molecule has 1 aliphatic rings. The zero-order valence-electron chi connectivity index (χ0n) is 11.2. The number of carbonyl (C=O) groups is 1. The Morgan fingerprint density at radius 2 is 1.72 bits per heavy atom. The molecule has 0 aliphatic heterocycles. The van der Waals surface area contributed by atoms with Crippen LogP contribution in [0.1, 0.15) is 50.7 Å². The van der Waals surface area contributed by atoms with Crippen LogP contribution >= 0.6 is 0 Å². The second-order valence-electron chi connectivity index (χ2n) is 6.08. The number of benzene rings is 1. The molecule has 0 fully saturated rings. The molecule has 0 amide bonds. The molecule has 1 aromatic rings. The van der Waals surface area contributed by atoms with E-state index in [9.17, 15) is 9.90 Å². The Morgan fingerprint density at radius 1 is 1.11 bits per heavy atom. The highest BCUT2D eigenvalue weighted by Gasteiger charge is 2.22. The van der Waals surface area contributed by atoms with Crippen molar-refractivity contribution >= 4 is 5.78 Å². The molecule has 0 heterocycles. The van der Waals surface area contributed by atoms with Crippen LogP contribution in [-0.4, -0.2) is 10.9 Å². The van der Waals surface area contributed by atoms with E-state index in [1.54, 1.807) is 0 Å². The summed E-state index contributed by atoms with van der Waals surface area (Å²) < 4.78 is 0. The van der Waals surface area contributed by atoms with Crippen molar-refractivity contribution < 1.29 is 9.90 Å². The Bertz CT molecular complexity index is 475. The fraction of sp³-hybridized carbons (Fsp3) is 0.438. The van der Waals surface area contributed by atoms with Gasteiger partial charge in [-0.2, -0.15) is 0 Å². The molecule has 0 bridgehead atoms. The third-order valence-electron chi connectivity index (χ3n) is 3.48. The Balaban J connectivity index is 2.21. The number of ketones is 1. The first-order valence-electron chi connectivity index (χ1n) is 6.39. The van der Waals surface area contributed by atoms with Gasteiger partial charge in [0.2, 0.25) is 0 Å². The van der Waals surface area contributed by atoms with E-state index in [1.165, 1.54) is 11.6 Å². The summed E-state index contributed by atoms with van der Waals surface area (Å²) in [5, 5.41) is 9.54. The summed E-state index contributed by atoms with van der Waals surface area (Å²) in [5.41, 5.74) is 2.56. The van der Waals surface area contributed by atoms with Gasteiger partial charge in [0.25, 0.3) is 0 Å². The van der Waals surface area contributed by atoms with Gasteiger partial charge in [-0.15, -0.1) is 0 Å². The second kappa shape index (κ2) is 4.60. The minimum Gasteiger partial charge on any atom is -0.512 e. The highest BCUT2D eigenvalue weighted by Crippen LogP contribution is 2.32. The Kier molecular flexibility index (Phi) is 3.29. The second-order valence-corrected chi connectivity index (χ2v) is 6.08. The van der Waals surface area contributed by atoms with Crippen LogP contribution in [0.3, 0.4) is 0 Å². The van der Waals surface area contributed by atoms with Crippen molar-refractivity contribution in [1.82, 2.24) is 0 Å². The zero-order chi connectivity index (χ0) is 13.3. The minimum absolute atomic E-state index is 0.0173. The van der Waals surface area contributed by atoms with Gasteiger partial charge in [0.15, 0.2) is 5.78 Å². The van der Waals surface area contributed by atoms with E-state index < -0.39 is 0 Å². The molecule has 1 aliphatic carbocycles. The number of hydrogen-bond acceptors (Lipinski definition) is 2. The van der Waals surface area contributed by atoms with Gasteiger partial charge < -0.3 is 5.11 Å². The Labute approximate surface area is 108 Å². The Hall–Kier alpha value is -1.57. The summed E-state index contributed by atoms with van der Waals surface area (Å²) >= 11 is 0. The average Bonchev–Trinajstić information content (AvgIpc) is 2.27. The first-order chi connectivity index (χ1) is 8.36. The molecule has 1 aromatic carbocycles. The quantitative estimate of drug-likeness (QED) is 0.814. The fourth-order valence-electron chi connectivity index (χ4n) is 2.36. The molecule has 0 aromatic heterocycles. The topological polar surface area (TPSA) is 37.3 Å². The van der Waals surface area contributed by atoms with E-state index in [0.717, 1.165) is 5.56 Å². The van der Waals surface area contributed by atoms with Gasteiger partial charge in [0.1, 0.15) is 0 Å². The molecule has 96 valence electrons. The number of aliphatic hydroxyl groups is 1. The summed E-state index contributed by atoms with van der Waals surface area (Å²) in [7, 11) is 0. The lowest BCUT2D eigenvalue weighted by Crippen LogP contribution is -2.14. The molecule has 1 atom stereocenters. The van der Waals surface area contributed by atoms with Gasteiger partial charge in [-0.3, -0.25) is 4.79 Å². The first-order valence-corrected chi connectivity index (χ1v) is 6.39. The van der Waals surface area contributed by atoms with Gasteiger partial charge in [-0.05, 0) is 22.5 Å². The number of rotatable bonds is 1. The van der Waals surface area contributed by atoms with E-state index in [2.05, 4.69) is 45.0 Å². The van der Waals surface area contributed by atoms with Crippen LogP contribution in [0.15, 0.2) is 36.1 Å². The number of aliphatic hydroxyl groups excluding tert-OH is 1. The molecule has 0 saturated heterocycles. The van der Waals surface area contributed by atoms with E-state index in [-0.39, 0.29) is 22.9 Å². The number of allylic oxidation sites excluding steroid dienone is 2. The molecule has 2 rings (SSSR count). The summed E-state index contributed by atoms with van der Waals surface area (Å²) in [6, 6.07) is 8.40. The summed E-state index contributed by atoms with van der Waals surface area (Å²) in [4.78, 5) is 11.4. The third kappa shape index (κ3) is 2.81. The van der Waals surface area contributed by atoms with Crippen molar-refractivity contribution in [2.24, 2.45) is 0 Å². The maximum Gasteiger partial charge on any atom is 0.159 e. The van der Waals surface area contributed by atoms with Crippen molar-refractivity contribution in [2.75, 3.05) is 0 Å². The van der Waals surface area contributed by atoms with Gasteiger partial charge in [-0.25, -0.2) is 0 Å². The molecule has 0 saturated carbocycles. The molecule has 0 unspecified atom stereocenters. The van der Waals surface area contributed by atoms with Crippen molar-refractivity contribution in [3.8, 4) is 0 Å². The summed E-state index contributed by atoms with van der Waals surface area (Å²) in [6.45, 7) is 6.54. The van der Waals surface area contributed by atoms with E-state index in [0.29, 0.717) is 12.8 Å². The average molecular weight is 244 g/mol. The zero-order valence-corrected chi connectivity index (χ0v) is 11.2. The molecule has 2 nitrogen and oxygen atoms in total. The molecule has 0 radical (unpaired) electrons. The molecule has 1 N–H and O–H groups in total. The first kappa shape index (κ1) is 12.9. The minimum atomic E-state index is 0.0173. The lowest BCUT2D eigenvalue weighted by Gasteiger charge is -2.22. The largest absolute Gasteiger partial charge is 0.512 e. The normalized spacial score (nSPS) is 20.7. The van der Waals surface area contributed by atoms with Gasteiger partial charge >= 0.3 is 0 Å². The molecule has 18 heavy (non-hydrogen) atoms. The van der Waals surface area contributed by atoms with Gasteiger partial charge in [0.05, 0.1) is 5.76 Å². The van der Waals surface area contributed by atoms with Crippen LogP contribution in [0.25, 0.3) is 0 Å². The van der Waals surface area contributed by atoms with Crippen molar-refractivity contribution in [3.63, 3.8) is 0 Å². The van der Waals surface area contributed by atoms with E-state index >= 15 is 0 Å². The fourth-order valence-corrected chi connectivity index (χ4v) is 2.36. The predicted octanol–water partition coefficient (Wildman–Crippen LogP) is 3.87. The maximum absolute atomic E-state index is 11.4. The van der Waals surface area contributed by atoms with Crippen molar-refractivity contribution in [1.29, 1.82) is 0 Å². The van der Waals surface area contributed by atoms with Gasteiger partial charge in [0, 0.05) is 18.9 Å². The van der Waals surface area contributed by atoms with E-state index in [1.807, 2.05) is 0 Å². The van der Waals surface area contributed by atoms with Crippen LogP contribution < -0.4 is 0 Å². The van der Waals surface area contributed by atoms with Crippen LogP contribution in [0.5, 0.6) is 0 Å².